The smallest absolute Gasteiger partial charge is 0.338 e. The number of urea groups is 1. The lowest BCUT2D eigenvalue weighted by Crippen LogP contribution is -2.46. The van der Waals surface area contributed by atoms with Gasteiger partial charge >= 0.3 is 12.0 Å². The van der Waals surface area contributed by atoms with E-state index in [1.54, 1.807) is 18.2 Å². The molecule has 0 aliphatic carbocycles. The minimum atomic E-state index is -0.860. The molecule has 11 heteroatoms. The molecule has 3 heterocycles. The van der Waals surface area contributed by atoms with Crippen LogP contribution in [-0.4, -0.2) is 32.0 Å². The highest BCUT2D eigenvalue weighted by molar-refractivity contribution is 5.95. The van der Waals surface area contributed by atoms with Crippen molar-refractivity contribution < 1.29 is 37.7 Å². The highest BCUT2D eigenvalue weighted by atomic mass is 19.1. The maximum atomic E-state index is 14.0. The van der Waals surface area contributed by atoms with Crippen molar-refractivity contribution in [1.29, 1.82) is 5.26 Å². The zero-order chi connectivity index (χ0) is 28.3. The van der Waals surface area contributed by atoms with Crippen molar-refractivity contribution in [1.82, 2.24) is 10.6 Å². The van der Waals surface area contributed by atoms with Crippen LogP contribution >= 0.6 is 0 Å². The first-order valence-electron chi connectivity index (χ1n) is 12.9. The number of benzene rings is 3. The van der Waals surface area contributed by atoms with Gasteiger partial charge in [0.1, 0.15) is 25.6 Å². The molecular weight excluding hydrogens is 533 g/mol. The molecule has 3 aliphatic rings. The Morgan fingerprint density at radius 2 is 1.68 bits per heavy atom. The molecule has 3 aromatic rings. The number of amides is 2. The standard InChI is InChI=1S/C30H24FN3O7/c31-21-10-18(14-32)9-19(11-21)15-39-29(35)27-22(4-1-17-2-5-24-25(12-17)41-16-40-24)33-30(36)34-28(27)20-3-6-23-26(13-20)38-8-7-37-23/h2-3,5-6,9-13,28H,1,4,7-8,15-16H2,(H2,33,34,36). The van der Waals surface area contributed by atoms with Gasteiger partial charge in [-0.2, -0.15) is 5.26 Å². The van der Waals surface area contributed by atoms with Crippen LogP contribution in [0.5, 0.6) is 23.0 Å². The summed E-state index contributed by atoms with van der Waals surface area (Å²) in [6.45, 7) is 0.677. The van der Waals surface area contributed by atoms with Gasteiger partial charge in [0, 0.05) is 5.70 Å². The lowest BCUT2D eigenvalue weighted by Gasteiger charge is -2.30. The van der Waals surface area contributed by atoms with E-state index in [0.29, 0.717) is 65.9 Å². The Hall–Kier alpha value is -5.24. The summed E-state index contributed by atoms with van der Waals surface area (Å²) >= 11 is 0. The fraction of sp³-hybridized carbons (Fsp3) is 0.233. The maximum Gasteiger partial charge on any atom is 0.338 e. The van der Waals surface area contributed by atoms with E-state index in [4.69, 9.17) is 28.9 Å². The van der Waals surface area contributed by atoms with E-state index in [-0.39, 0.29) is 24.5 Å². The third kappa shape index (κ3) is 5.58. The monoisotopic (exact) mass is 557 g/mol. The summed E-state index contributed by atoms with van der Waals surface area (Å²) in [6, 6.07) is 15.1. The SMILES string of the molecule is N#Cc1cc(F)cc(COC(=O)C2=C(CCc3ccc4c(c3)OCO4)NC(=O)NC2c2ccc3c(c2)OCCO3)c1. The normalized spacial score (nSPS) is 16.9. The first-order valence-corrected chi connectivity index (χ1v) is 12.9. The van der Waals surface area contributed by atoms with Crippen molar-refractivity contribution >= 4 is 12.0 Å². The first-order chi connectivity index (χ1) is 20.0. The summed E-state index contributed by atoms with van der Waals surface area (Å²) in [6.07, 6.45) is 0.781. The Bertz CT molecular complexity index is 1610. The number of ether oxygens (including phenoxy) is 5. The van der Waals surface area contributed by atoms with Crippen molar-refractivity contribution in [3.63, 3.8) is 0 Å². The van der Waals surface area contributed by atoms with Gasteiger partial charge in [0.15, 0.2) is 23.0 Å². The molecule has 208 valence electrons. The topological polar surface area (TPSA) is 128 Å². The molecule has 0 bridgehead atoms. The molecule has 0 saturated carbocycles. The highest BCUT2D eigenvalue weighted by Crippen LogP contribution is 2.37. The van der Waals surface area contributed by atoms with E-state index >= 15 is 0 Å². The average Bonchev–Trinajstić information content (AvgIpc) is 3.46. The predicted octanol–water partition coefficient (Wildman–Crippen LogP) is 4.18. The van der Waals surface area contributed by atoms with Crippen molar-refractivity contribution in [3.8, 4) is 29.1 Å². The van der Waals surface area contributed by atoms with E-state index in [9.17, 15) is 14.0 Å². The van der Waals surface area contributed by atoms with Gasteiger partial charge in [-0.25, -0.2) is 14.0 Å². The van der Waals surface area contributed by atoms with E-state index < -0.39 is 23.9 Å². The number of fused-ring (bicyclic) bond motifs is 2. The third-order valence-corrected chi connectivity index (χ3v) is 6.83. The molecular formula is C30H24FN3O7. The third-order valence-electron chi connectivity index (χ3n) is 6.83. The Morgan fingerprint density at radius 1 is 0.927 bits per heavy atom. The number of nitrogens with one attached hydrogen (secondary N) is 2. The number of allylic oxidation sites excluding steroid dienone is 1. The van der Waals surface area contributed by atoms with Crippen LogP contribution in [0.15, 0.2) is 65.9 Å². The molecule has 0 aromatic heterocycles. The summed E-state index contributed by atoms with van der Waals surface area (Å²) in [5.74, 6) is 1.03. The summed E-state index contributed by atoms with van der Waals surface area (Å²) < 4.78 is 41.8. The fourth-order valence-electron chi connectivity index (χ4n) is 4.94. The van der Waals surface area contributed by atoms with E-state index in [0.717, 1.165) is 11.6 Å². The second kappa shape index (κ2) is 11.1. The second-order valence-corrected chi connectivity index (χ2v) is 9.55. The Balaban J connectivity index is 1.32. The van der Waals surface area contributed by atoms with Crippen molar-refractivity contribution in [2.24, 2.45) is 0 Å². The largest absolute Gasteiger partial charge is 0.486 e. The predicted molar refractivity (Wildman–Crippen MR) is 141 cm³/mol. The van der Waals surface area contributed by atoms with Crippen LogP contribution in [0.4, 0.5) is 9.18 Å². The number of rotatable bonds is 7. The molecule has 0 saturated heterocycles. The van der Waals surface area contributed by atoms with Crippen LogP contribution in [0.1, 0.15) is 34.7 Å². The lowest BCUT2D eigenvalue weighted by atomic mass is 9.92. The van der Waals surface area contributed by atoms with Crippen LogP contribution in [0.2, 0.25) is 0 Å². The van der Waals surface area contributed by atoms with Crippen molar-refractivity contribution in [2.75, 3.05) is 20.0 Å². The van der Waals surface area contributed by atoms with Gasteiger partial charge < -0.3 is 34.3 Å². The van der Waals surface area contributed by atoms with Crippen LogP contribution in [0, 0.1) is 17.1 Å². The van der Waals surface area contributed by atoms with Gasteiger partial charge in [0.2, 0.25) is 6.79 Å². The van der Waals surface area contributed by atoms with E-state index in [1.165, 1.54) is 12.1 Å². The van der Waals surface area contributed by atoms with E-state index in [2.05, 4.69) is 10.6 Å². The summed E-state index contributed by atoms with van der Waals surface area (Å²) in [4.78, 5) is 26.4. The number of esters is 1. The number of nitrogens with zero attached hydrogens (tertiary/aromatic N) is 1. The molecule has 6 rings (SSSR count). The van der Waals surface area contributed by atoms with Gasteiger partial charge in [0.25, 0.3) is 0 Å². The van der Waals surface area contributed by atoms with E-state index in [1.807, 2.05) is 24.3 Å². The molecule has 0 radical (unpaired) electrons. The van der Waals surface area contributed by atoms with Gasteiger partial charge in [-0.15, -0.1) is 0 Å². The number of hydrogen-bond acceptors (Lipinski definition) is 8. The van der Waals surface area contributed by atoms with Gasteiger partial charge in [0.05, 0.1) is 23.2 Å². The molecule has 10 nitrogen and oxygen atoms in total. The number of carbonyl (C=O) groups is 2. The average molecular weight is 558 g/mol. The zero-order valence-corrected chi connectivity index (χ0v) is 21.7. The molecule has 0 fully saturated rings. The second-order valence-electron chi connectivity index (χ2n) is 9.55. The minimum Gasteiger partial charge on any atom is -0.486 e. The number of carbonyl (C=O) groups excluding carboxylic acids is 2. The van der Waals surface area contributed by atoms with Crippen LogP contribution < -0.4 is 29.6 Å². The molecule has 41 heavy (non-hydrogen) atoms. The molecule has 2 amide bonds. The lowest BCUT2D eigenvalue weighted by molar-refractivity contribution is -0.140. The summed E-state index contributed by atoms with van der Waals surface area (Å²) in [7, 11) is 0. The summed E-state index contributed by atoms with van der Waals surface area (Å²) in [5.41, 5.74) is 2.52. The number of aryl methyl sites for hydroxylation is 1. The minimum absolute atomic E-state index is 0.112. The number of hydrogen-bond donors (Lipinski definition) is 2. The van der Waals surface area contributed by atoms with Gasteiger partial charge in [-0.05, 0) is 72.0 Å². The fourth-order valence-corrected chi connectivity index (χ4v) is 4.94. The zero-order valence-electron chi connectivity index (χ0n) is 21.7. The van der Waals surface area contributed by atoms with Crippen LogP contribution in [-0.2, 0) is 22.6 Å². The molecule has 1 atom stereocenters. The van der Waals surface area contributed by atoms with Crippen LogP contribution in [0.25, 0.3) is 0 Å². The van der Waals surface area contributed by atoms with Gasteiger partial charge in [-0.1, -0.05) is 12.1 Å². The Kier molecular flexibility index (Phi) is 7.04. The van der Waals surface area contributed by atoms with Crippen LogP contribution in [0.3, 0.4) is 0 Å². The molecule has 3 aliphatic heterocycles. The molecule has 2 N–H and O–H groups in total. The molecule has 1 unspecified atom stereocenters. The first kappa shape index (κ1) is 26.0. The Morgan fingerprint density at radius 3 is 2.54 bits per heavy atom. The van der Waals surface area contributed by atoms with Gasteiger partial charge in [-0.3, -0.25) is 0 Å². The number of nitriles is 1. The van der Waals surface area contributed by atoms with Crippen molar-refractivity contribution in [3.05, 3.63) is 93.9 Å². The quantitative estimate of drug-likeness (QED) is 0.414. The number of halogens is 1. The molecule has 0 spiro atoms. The van der Waals surface area contributed by atoms with Crippen molar-refractivity contribution in [2.45, 2.75) is 25.5 Å². The highest BCUT2D eigenvalue weighted by Gasteiger charge is 2.34. The summed E-state index contributed by atoms with van der Waals surface area (Å²) in [5, 5.41) is 14.7. The Labute approximate surface area is 234 Å². The molecule has 3 aromatic carbocycles. The maximum absolute atomic E-state index is 14.0.